The first-order valence-corrected chi connectivity index (χ1v) is 9.43. The Kier molecular flexibility index (Phi) is 4.27. The summed E-state index contributed by atoms with van der Waals surface area (Å²) < 4.78 is 23.9. The summed E-state index contributed by atoms with van der Waals surface area (Å²) in [6, 6.07) is 14.3. The highest BCUT2D eigenvalue weighted by atomic mass is 79.9. The Balaban J connectivity index is 1.81. The van der Waals surface area contributed by atoms with Gasteiger partial charge in [-0.2, -0.15) is 4.80 Å². The molecule has 0 amide bonds. The van der Waals surface area contributed by atoms with Gasteiger partial charge in [0.05, 0.1) is 11.4 Å². The van der Waals surface area contributed by atoms with Gasteiger partial charge in [0.2, 0.25) is 5.82 Å². The van der Waals surface area contributed by atoms with E-state index in [2.05, 4.69) is 31.3 Å². The highest BCUT2D eigenvalue weighted by Crippen LogP contribution is 2.18. The summed E-state index contributed by atoms with van der Waals surface area (Å²) in [5, 5.41) is 12.4. The van der Waals surface area contributed by atoms with E-state index in [1.54, 1.807) is 24.3 Å². The first-order valence-electron chi connectivity index (χ1n) is 6.74. The summed E-state index contributed by atoms with van der Waals surface area (Å²) in [5.41, 5.74) is 1.77. The van der Waals surface area contributed by atoms with E-state index in [9.17, 15) is 8.42 Å². The van der Waals surface area contributed by atoms with Gasteiger partial charge in [0, 0.05) is 16.3 Å². The van der Waals surface area contributed by atoms with E-state index in [1.807, 2.05) is 24.3 Å². The van der Waals surface area contributed by atoms with E-state index in [4.69, 9.17) is 0 Å². The van der Waals surface area contributed by atoms with E-state index in [1.165, 1.54) is 11.1 Å². The predicted octanol–water partition coefficient (Wildman–Crippen LogP) is 2.55. The average Bonchev–Trinajstić information content (AvgIpc) is 2.95. The molecule has 0 atom stereocenters. The van der Waals surface area contributed by atoms with Gasteiger partial charge in [-0.05, 0) is 47.2 Å². The molecule has 6 nitrogen and oxygen atoms in total. The van der Waals surface area contributed by atoms with Crippen LogP contribution < -0.4 is 0 Å². The van der Waals surface area contributed by atoms with Crippen LogP contribution in [0.25, 0.3) is 11.4 Å². The van der Waals surface area contributed by atoms with Crippen molar-refractivity contribution in [2.75, 3.05) is 6.26 Å². The number of nitrogens with zero attached hydrogens (tertiary/aromatic N) is 4. The number of benzene rings is 2. The quantitative estimate of drug-likeness (QED) is 0.681. The third-order valence-corrected chi connectivity index (χ3v) is 4.83. The van der Waals surface area contributed by atoms with Crippen LogP contribution in [0.3, 0.4) is 0 Å². The lowest BCUT2D eigenvalue weighted by Gasteiger charge is -2.00. The van der Waals surface area contributed by atoms with E-state index in [0.717, 1.165) is 15.6 Å². The maximum absolute atomic E-state index is 11.5. The van der Waals surface area contributed by atoms with Gasteiger partial charge in [-0.1, -0.05) is 28.1 Å². The second kappa shape index (κ2) is 6.21. The number of hydrogen-bond donors (Lipinski definition) is 0. The Bertz CT molecular complexity index is 936. The maximum atomic E-state index is 11.5. The molecule has 1 aromatic heterocycles. The minimum absolute atomic E-state index is 0.266. The molecule has 0 saturated heterocycles. The molecule has 3 rings (SSSR count). The van der Waals surface area contributed by atoms with Crippen molar-refractivity contribution in [2.24, 2.45) is 0 Å². The molecule has 118 valence electrons. The van der Waals surface area contributed by atoms with Crippen LogP contribution in [-0.2, 0) is 16.4 Å². The fourth-order valence-corrected chi connectivity index (χ4v) is 3.15. The van der Waals surface area contributed by atoms with E-state index >= 15 is 0 Å². The fraction of sp³-hybridized carbons (Fsp3) is 0.133. The van der Waals surface area contributed by atoms with Gasteiger partial charge in [0.25, 0.3) is 0 Å². The summed E-state index contributed by atoms with van der Waals surface area (Å²) in [7, 11) is -3.21. The van der Waals surface area contributed by atoms with Gasteiger partial charge in [-0.3, -0.25) is 0 Å². The Labute approximate surface area is 142 Å². The molecule has 0 N–H and O–H groups in total. The smallest absolute Gasteiger partial charge is 0.204 e. The fourth-order valence-electron chi connectivity index (χ4n) is 2.08. The first kappa shape index (κ1) is 15.8. The molecule has 0 spiro atoms. The van der Waals surface area contributed by atoms with Crippen LogP contribution in [0.1, 0.15) is 5.56 Å². The van der Waals surface area contributed by atoms with Crippen LogP contribution in [0.15, 0.2) is 57.9 Å². The lowest BCUT2D eigenvalue weighted by atomic mass is 10.2. The third-order valence-electron chi connectivity index (χ3n) is 3.21. The lowest BCUT2D eigenvalue weighted by molar-refractivity contribution is 0.572. The number of sulfone groups is 1. The molecule has 1 heterocycles. The molecule has 0 radical (unpaired) electrons. The number of rotatable bonds is 4. The highest BCUT2D eigenvalue weighted by Gasteiger charge is 2.10. The van der Waals surface area contributed by atoms with Gasteiger partial charge in [0.1, 0.15) is 0 Å². The molecule has 0 bridgehead atoms. The minimum Gasteiger partial charge on any atom is -0.224 e. The van der Waals surface area contributed by atoms with Gasteiger partial charge >= 0.3 is 0 Å². The van der Waals surface area contributed by atoms with Gasteiger partial charge in [-0.15, -0.1) is 10.2 Å². The molecule has 8 heteroatoms. The lowest BCUT2D eigenvalue weighted by Crippen LogP contribution is -2.03. The van der Waals surface area contributed by atoms with Crippen molar-refractivity contribution in [3.8, 4) is 11.4 Å². The number of halogens is 1. The molecule has 0 aliphatic rings. The zero-order chi connectivity index (χ0) is 16.4. The van der Waals surface area contributed by atoms with Crippen molar-refractivity contribution in [3.05, 3.63) is 58.6 Å². The minimum atomic E-state index is -3.21. The zero-order valence-electron chi connectivity index (χ0n) is 12.2. The third kappa shape index (κ3) is 3.83. The van der Waals surface area contributed by atoms with Crippen molar-refractivity contribution in [1.82, 2.24) is 20.2 Å². The van der Waals surface area contributed by atoms with Crippen LogP contribution in [0.2, 0.25) is 0 Å². The molecule has 0 fully saturated rings. The highest BCUT2D eigenvalue weighted by molar-refractivity contribution is 9.10. The SMILES string of the molecule is CS(=O)(=O)c1ccc(-c2nnn(Cc3cccc(Br)c3)n2)cc1. The molecular weight excluding hydrogens is 380 g/mol. The van der Waals surface area contributed by atoms with Crippen molar-refractivity contribution in [3.63, 3.8) is 0 Å². The van der Waals surface area contributed by atoms with Crippen molar-refractivity contribution >= 4 is 25.8 Å². The number of hydrogen-bond acceptors (Lipinski definition) is 5. The maximum Gasteiger partial charge on any atom is 0.204 e. The van der Waals surface area contributed by atoms with Gasteiger partial charge in [0.15, 0.2) is 9.84 Å². The number of tetrazole rings is 1. The largest absolute Gasteiger partial charge is 0.224 e. The average molecular weight is 393 g/mol. The molecule has 0 aliphatic heterocycles. The van der Waals surface area contributed by atoms with Gasteiger partial charge < -0.3 is 0 Å². The molecule has 23 heavy (non-hydrogen) atoms. The van der Waals surface area contributed by atoms with Crippen molar-refractivity contribution in [1.29, 1.82) is 0 Å². The Morgan fingerprint density at radius 2 is 1.87 bits per heavy atom. The monoisotopic (exact) mass is 392 g/mol. The molecule has 0 unspecified atom stereocenters. The molecule has 2 aromatic carbocycles. The number of aromatic nitrogens is 4. The van der Waals surface area contributed by atoms with Crippen molar-refractivity contribution < 1.29 is 8.42 Å². The molecule has 3 aromatic rings. The second-order valence-corrected chi connectivity index (χ2v) is 8.00. The predicted molar refractivity (Wildman–Crippen MR) is 89.6 cm³/mol. The molecule has 0 saturated carbocycles. The Morgan fingerprint density at radius 3 is 2.52 bits per heavy atom. The van der Waals surface area contributed by atoms with Crippen LogP contribution in [0.4, 0.5) is 0 Å². The summed E-state index contributed by atoms with van der Waals surface area (Å²) >= 11 is 3.43. The Hall–Kier alpha value is -2.06. The zero-order valence-corrected chi connectivity index (χ0v) is 14.6. The molecular formula is C15H13BrN4O2S. The standard InChI is InChI=1S/C15H13BrN4O2S/c1-23(21,22)14-7-5-12(6-8-14)15-17-19-20(18-15)10-11-3-2-4-13(16)9-11/h2-9H,10H2,1H3. The van der Waals surface area contributed by atoms with Gasteiger partial charge in [-0.25, -0.2) is 8.42 Å². The van der Waals surface area contributed by atoms with E-state index < -0.39 is 9.84 Å². The second-order valence-electron chi connectivity index (χ2n) is 5.07. The van der Waals surface area contributed by atoms with Crippen molar-refractivity contribution in [2.45, 2.75) is 11.4 Å². The summed E-state index contributed by atoms with van der Waals surface area (Å²) in [5.74, 6) is 0.458. The summed E-state index contributed by atoms with van der Waals surface area (Å²) in [6.07, 6.45) is 1.18. The topological polar surface area (TPSA) is 77.7 Å². The van der Waals surface area contributed by atoms with Crippen LogP contribution in [0, 0.1) is 0 Å². The summed E-state index contributed by atoms with van der Waals surface area (Å²) in [4.78, 5) is 1.77. The van der Waals surface area contributed by atoms with E-state index in [0.29, 0.717) is 12.4 Å². The van der Waals surface area contributed by atoms with Crippen LogP contribution in [-0.4, -0.2) is 34.9 Å². The van der Waals surface area contributed by atoms with Crippen LogP contribution in [0.5, 0.6) is 0 Å². The van der Waals surface area contributed by atoms with Crippen LogP contribution >= 0.6 is 15.9 Å². The normalized spacial score (nSPS) is 11.6. The van der Waals surface area contributed by atoms with E-state index in [-0.39, 0.29) is 4.90 Å². The molecule has 0 aliphatic carbocycles. The first-order chi connectivity index (χ1) is 10.9. The summed E-state index contributed by atoms with van der Waals surface area (Å²) in [6.45, 7) is 0.508. The Morgan fingerprint density at radius 1 is 1.13 bits per heavy atom.